The highest BCUT2D eigenvalue weighted by atomic mass is 32.2. The molecule has 0 saturated carbocycles. The summed E-state index contributed by atoms with van der Waals surface area (Å²) >= 11 is 2.34. The second-order valence-electron chi connectivity index (χ2n) is 8.25. The summed E-state index contributed by atoms with van der Waals surface area (Å²) in [7, 11) is 0. The summed E-state index contributed by atoms with van der Waals surface area (Å²) < 4.78 is 28.4. The van der Waals surface area contributed by atoms with Crippen LogP contribution in [0.3, 0.4) is 0 Å². The van der Waals surface area contributed by atoms with Crippen LogP contribution in [0.4, 0.5) is 5.00 Å². The lowest BCUT2D eigenvalue weighted by atomic mass is 10.0. The monoisotopic (exact) mass is 597 g/mol. The molecule has 1 amide bonds. The molecule has 41 heavy (non-hydrogen) atoms. The predicted octanol–water partition coefficient (Wildman–Crippen LogP) is 6.57. The minimum Gasteiger partial charge on any atom is -0.490 e. The van der Waals surface area contributed by atoms with Crippen LogP contribution in [0.1, 0.15) is 38.1 Å². The van der Waals surface area contributed by atoms with Crippen LogP contribution < -0.4 is 19.5 Å². The third-order valence-corrected chi connectivity index (χ3v) is 7.21. The van der Waals surface area contributed by atoms with Crippen molar-refractivity contribution in [3.63, 3.8) is 0 Å². The van der Waals surface area contributed by atoms with E-state index < -0.39 is 5.97 Å². The second-order valence-corrected chi connectivity index (χ2v) is 10.1. The average molecular weight is 598 g/mol. The molecule has 0 fully saturated rings. The first-order valence-electron chi connectivity index (χ1n) is 13.2. The number of thiophene rings is 1. The Balaban J connectivity index is 1.48. The number of anilines is 1. The van der Waals surface area contributed by atoms with Gasteiger partial charge in [0.05, 0.1) is 32.2 Å². The SMILES string of the molecule is CCOC(=O)c1c(-c2ccccc2)csc1NC(=O)CSc1nnc(-c2cc(OCC)c(OCC)c(OCC)c2)o1. The molecule has 0 aliphatic carbocycles. The Morgan fingerprint density at radius 3 is 2.22 bits per heavy atom. The quantitative estimate of drug-likeness (QED) is 0.126. The predicted molar refractivity (Wildman–Crippen MR) is 158 cm³/mol. The van der Waals surface area contributed by atoms with E-state index in [9.17, 15) is 9.59 Å². The summed E-state index contributed by atoms with van der Waals surface area (Å²) in [5, 5.41) is 13.5. The van der Waals surface area contributed by atoms with Gasteiger partial charge < -0.3 is 28.7 Å². The van der Waals surface area contributed by atoms with E-state index in [0.717, 1.165) is 17.3 Å². The molecule has 4 aromatic rings. The van der Waals surface area contributed by atoms with Crippen LogP contribution in [-0.2, 0) is 9.53 Å². The van der Waals surface area contributed by atoms with Crippen LogP contribution >= 0.6 is 23.1 Å². The fourth-order valence-electron chi connectivity index (χ4n) is 3.87. The van der Waals surface area contributed by atoms with Gasteiger partial charge in [0.15, 0.2) is 11.5 Å². The molecule has 0 unspecified atom stereocenters. The molecule has 0 bridgehead atoms. The number of amides is 1. The number of hydrogen-bond donors (Lipinski definition) is 1. The standard InChI is InChI=1S/C29H31N3O7S2/c1-5-35-21-14-19(15-22(36-6-2)25(21)37-7-3)26-31-32-29(39-26)41-17-23(33)30-27-24(28(34)38-8-4)20(16-40-27)18-12-10-9-11-13-18/h9-16H,5-8,17H2,1-4H3,(H,30,33). The van der Waals surface area contributed by atoms with Crippen molar-refractivity contribution in [2.75, 3.05) is 37.5 Å². The summed E-state index contributed by atoms with van der Waals surface area (Å²) in [6, 6.07) is 13.0. The van der Waals surface area contributed by atoms with Crippen molar-refractivity contribution in [2.45, 2.75) is 32.9 Å². The molecule has 2 aromatic carbocycles. The van der Waals surface area contributed by atoms with E-state index in [1.165, 1.54) is 11.3 Å². The van der Waals surface area contributed by atoms with Gasteiger partial charge in [0.25, 0.3) is 5.22 Å². The van der Waals surface area contributed by atoms with Crippen molar-refractivity contribution >= 4 is 40.0 Å². The first kappa shape index (κ1) is 29.9. The Hall–Kier alpha value is -4.03. The molecule has 2 heterocycles. The van der Waals surface area contributed by atoms with Gasteiger partial charge in [0.2, 0.25) is 17.5 Å². The van der Waals surface area contributed by atoms with Crippen molar-refractivity contribution in [2.24, 2.45) is 0 Å². The normalized spacial score (nSPS) is 10.7. The zero-order chi connectivity index (χ0) is 29.2. The van der Waals surface area contributed by atoms with Gasteiger partial charge in [0, 0.05) is 16.5 Å². The number of hydrogen-bond acceptors (Lipinski definition) is 11. The zero-order valence-electron chi connectivity index (χ0n) is 23.2. The van der Waals surface area contributed by atoms with Crippen molar-refractivity contribution in [3.8, 4) is 39.8 Å². The fraction of sp³-hybridized carbons (Fsp3) is 0.310. The van der Waals surface area contributed by atoms with Gasteiger partial charge in [-0.1, -0.05) is 42.1 Å². The molecule has 1 N–H and O–H groups in total. The first-order chi connectivity index (χ1) is 20.0. The molecule has 0 atom stereocenters. The van der Waals surface area contributed by atoms with Gasteiger partial charge in [-0.3, -0.25) is 4.79 Å². The molecule has 0 saturated heterocycles. The lowest BCUT2D eigenvalue weighted by molar-refractivity contribution is -0.113. The first-order valence-corrected chi connectivity index (χ1v) is 15.0. The third kappa shape index (κ3) is 7.39. The molecule has 0 aliphatic heterocycles. The molecule has 0 spiro atoms. The number of esters is 1. The van der Waals surface area contributed by atoms with Crippen LogP contribution in [0, 0.1) is 0 Å². The molecule has 12 heteroatoms. The largest absolute Gasteiger partial charge is 0.490 e. The Bertz CT molecular complexity index is 1440. The van der Waals surface area contributed by atoms with Gasteiger partial charge in [-0.2, -0.15) is 0 Å². The van der Waals surface area contributed by atoms with Gasteiger partial charge >= 0.3 is 5.97 Å². The molecular weight excluding hydrogens is 566 g/mol. The number of benzene rings is 2. The Morgan fingerprint density at radius 1 is 0.902 bits per heavy atom. The van der Waals surface area contributed by atoms with Crippen molar-refractivity contribution in [1.82, 2.24) is 10.2 Å². The van der Waals surface area contributed by atoms with Crippen LogP contribution in [0.15, 0.2) is 57.5 Å². The van der Waals surface area contributed by atoms with Crippen LogP contribution in [0.2, 0.25) is 0 Å². The number of ether oxygens (including phenoxy) is 4. The highest BCUT2D eigenvalue weighted by Crippen LogP contribution is 2.42. The molecule has 4 rings (SSSR count). The molecule has 216 valence electrons. The van der Waals surface area contributed by atoms with E-state index in [4.69, 9.17) is 23.4 Å². The Labute approximate surface area is 246 Å². The summed E-state index contributed by atoms with van der Waals surface area (Å²) in [5.74, 6) is 0.922. The highest BCUT2D eigenvalue weighted by molar-refractivity contribution is 7.99. The van der Waals surface area contributed by atoms with E-state index in [2.05, 4.69) is 15.5 Å². The minimum absolute atomic E-state index is 0.0138. The minimum atomic E-state index is -0.495. The molecular formula is C29H31N3O7S2. The second kappa shape index (κ2) is 14.6. The zero-order valence-corrected chi connectivity index (χ0v) is 24.9. The number of carbonyl (C=O) groups excluding carboxylic acids is 2. The van der Waals surface area contributed by atoms with E-state index in [0.29, 0.717) is 58.8 Å². The molecule has 2 aromatic heterocycles. The molecule has 0 radical (unpaired) electrons. The smallest absolute Gasteiger partial charge is 0.341 e. The van der Waals surface area contributed by atoms with E-state index in [-0.39, 0.29) is 29.4 Å². The number of rotatable bonds is 14. The van der Waals surface area contributed by atoms with Crippen molar-refractivity contribution in [3.05, 3.63) is 53.4 Å². The van der Waals surface area contributed by atoms with Crippen LogP contribution in [-0.4, -0.2) is 54.3 Å². The van der Waals surface area contributed by atoms with E-state index in [1.807, 2.05) is 56.5 Å². The Kier molecular flexibility index (Phi) is 10.6. The number of thioether (sulfide) groups is 1. The van der Waals surface area contributed by atoms with Crippen molar-refractivity contribution in [1.29, 1.82) is 0 Å². The molecule has 10 nitrogen and oxygen atoms in total. The summed E-state index contributed by atoms with van der Waals surface area (Å²) in [4.78, 5) is 25.6. The van der Waals surface area contributed by atoms with Gasteiger partial charge in [-0.05, 0) is 45.4 Å². The maximum atomic E-state index is 12.9. The number of nitrogens with one attached hydrogen (secondary N) is 1. The van der Waals surface area contributed by atoms with Crippen LogP contribution in [0.5, 0.6) is 17.2 Å². The highest BCUT2D eigenvalue weighted by Gasteiger charge is 2.23. The van der Waals surface area contributed by atoms with Gasteiger partial charge in [-0.25, -0.2) is 4.79 Å². The summed E-state index contributed by atoms with van der Waals surface area (Å²) in [6.07, 6.45) is 0. The van der Waals surface area contributed by atoms with E-state index >= 15 is 0 Å². The number of aromatic nitrogens is 2. The lowest BCUT2D eigenvalue weighted by Crippen LogP contribution is -2.16. The summed E-state index contributed by atoms with van der Waals surface area (Å²) in [6.45, 7) is 8.92. The average Bonchev–Trinajstić information content (AvgIpc) is 3.62. The van der Waals surface area contributed by atoms with Gasteiger partial charge in [0.1, 0.15) is 10.6 Å². The maximum Gasteiger partial charge on any atom is 0.341 e. The summed E-state index contributed by atoms with van der Waals surface area (Å²) in [5.41, 5.74) is 2.48. The Morgan fingerprint density at radius 2 is 1.59 bits per heavy atom. The van der Waals surface area contributed by atoms with E-state index in [1.54, 1.807) is 19.1 Å². The van der Waals surface area contributed by atoms with Gasteiger partial charge in [-0.15, -0.1) is 21.5 Å². The maximum absolute atomic E-state index is 12.9. The van der Waals surface area contributed by atoms with Crippen LogP contribution in [0.25, 0.3) is 22.6 Å². The molecule has 0 aliphatic rings. The lowest BCUT2D eigenvalue weighted by Gasteiger charge is -2.16. The van der Waals surface area contributed by atoms with Crippen molar-refractivity contribution < 1.29 is 33.0 Å². The number of nitrogens with zero attached hydrogens (tertiary/aromatic N) is 2. The topological polar surface area (TPSA) is 122 Å². The number of carbonyl (C=O) groups is 2. The third-order valence-electron chi connectivity index (χ3n) is 5.50. The fourth-order valence-corrected chi connectivity index (χ4v) is 5.41.